The average molecular weight is 453 g/mol. The average Bonchev–Trinajstić information content (AvgIpc) is 3.10. The highest BCUT2D eigenvalue weighted by Crippen LogP contribution is 2.30. The van der Waals surface area contributed by atoms with E-state index in [1.54, 1.807) is 24.3 Å². The lowest BCUT2D eigenvalue weighted by molar-refractivity contribution is -0.115. The zero-order chi connectivity index (χ0) is 21.8. The van der Waals surface area contributed by atoms with Crippen molar-refractivity contribution in [3.8, 4) is 5.75 Å². The van der Waals surface area contributed by atoms with E-state index in [1.165, 1.54) is 23.9 Å². The van der Waals surface area contributed by atoms with Crippen LogP contribution in [0.15, 0.2) is 76.6 Å². The number of hydrogen-bond donors (Lipinski definition) is 1. The van der Waals surface area contributed by atoms with Crippen LogP contribution in [0.25, 0.3) is 6.08 Å². The molecule has 1 aliphatic rings. The summed E-state index contributed by atoms with van der Waals surface area (Å²) in [5.41, 5.74) is 3.40. The van der Waals surface area contributed by atoms with Crippen molar-refractivity contribution in [1.82, 2.24) is 5.32 Å². The standard InChI is InChI=1S/C24H18ClFN2O2S/c1-15-2-9-19(13-21(15)25)27-24-28-23(29)22(31-24)12-16-5-10-20(11-6-16)30-14-17-3-7-18(26)8-4-17/h2-13H,14H2,1H3,(H,27,28,29)/b22-12-. The number of ether oxygens (including phenoxy) is 1. The molecule has 1 amide bonds. The number of nitrogens with zero attached hydrogens (tertiary/aromatic N) is 1. The monoisotopic (exact) mass is 452 g/mol. The lowest BCUT2D eigenvalue weighted by atomic mass is 10.2. The number of carbonyl (C=O) groups is 1. The molecule has 1 saturated heterocycles. The molecular formula is C24H18ClFN2O2S. The summed E-state index contributed by atoms with van der Waals surface area (Å²) in [4.78, 5) is 17.3. The van der Waals surface area contributed by atoms with Gasteiger partial charge in [-0.3, -0.25) is 4.79 Å². The number of rotatable bonds is 5. The van der Waals surface area contributed by atoms with Crippen LogP contribution in [0.4, 0.5) is 10.1 Å². The smallest absolute Gasteiger partial charge is 0.264 e. The molecule has 1 N–H and O–H groups in total. The Labute approximate surface area is 188 Å². The fourth-order valence-corrected chi connectivity index (χ4v) is 3.82. The van der Waals surface area contributed by atoms with E-state index in [0.717, 1.165) is 16.7 Å². The molecule has 0 aliphatic carbocycles. The van der Waals surface area contributed by atoms with Gasteiger partial charge in [-0.1, -0.05) is 41.9 Å². The van der Waals surface area contributed by atoms with Crippen molar-refractivity contribution in [3.63, 3.8) is 0 Å². The summed E-state index contributed by atoms with van der Waals surface area (Å²) in [6, 6.07) is 19.1. The molecule has 0 bridgehead atoms. The summed E-state index contributed by atoms with van der Waals surface area (Å²) in [7, 11) is 0. The van der Waals surface area contributed by atoms with Crippen LogP contribution in [0.2, 0.25) is 5.02 Å². The number of halogens is 2. The summed E-state index contributed by atoms with van der Waals surface area (Å²) in [5, 5.41) is 3.91. The number of aliphatic imine (C=N–C) groups is 1. The number of hydrogen-bond acceptors (Lipinski definition) is 4. The van der Waals surface area contributed by atoms with Crippen LogP contribution >= 0.6 is 23.4 Å². The molecular weight excluding hydrogens is 435 g/mol. The van der Waals surface area contributed by atoms with Crippen molar-refractivity contribution in [2.75, 3.05) is 0 Å². The summed E-state index contributed by atoms with van der Waals surface area (Å²) in [5.74, 6) is 0.220. The lowest BCUT2D eigenvalue weighted by Crippen LogP contribution is -2.19. The first-order valence-electron chi connectivity index (χ1n) is 9.49. The van der Waals surface area contributed by atoms with Crippen molar-refractivity contribution < 1.29 is 13.9 Å². The second-order valence-corrected chi connectivity index (χ2v) is 8.34. The van der Waals surface area contributed by atoms with Crippen molar-refractivity contribution in [1.29, 1.82) is 0 Å². The van der Waals surface area contributed by atoms with Gasteiger partial charge in [-0.25, -0.2) is 9.38 Å². The van der Waals surface area contributed by atoms with E-state index < -0.39 is 0 Å². The minimum atomic E-state index is -0.272. The highest BCUT2D eigenvalue weighted by atomic mass is 35.5. The molecule has 156 valence electrons. The molecule has 0 unspecified atom stereocenters. The number of amidine groups is 1. The molecule has 0 saturated carbocycles. The predicted octanol–water partition coefficient (Wildman–Crippen LogP) is 6.26. The van der Waals surface area contributed by atoms with E-state index in [0.29, 0.717) is 33.1 Å². The molecule has 0 aromatic heterocycles. The molecule has 4 nitrogen and oxygen atoms in total. The van der Waals surface area contributed by atoms with Gasteiger partial charge in [0.2, 0.25) is 0 Å². The molecule has 0 spiro atoms. The topological polar surface area (TPSA) is 50.7 Å². The van der Waals surface area contributed by atoms with E-state index in [-0.39, 0.29) is 11.7 Å². The molecule has 7 heteroatoms. The fourth-order valence-electron chi connectivity index (χ4n) is 2.81. The van der Waals surface area contributed by atoms with E-state index in [2.05, 4.69) is 10.3 Å². The van der Waals surface area contributed by atoms with Gasteiger partial charge < -0.3 is 10.1 Å². The van der Waals surface area contributed by atoms with Crippen molar-refractivity contribution in [2.24, 2.45) is 4.99 Å². The SMILES string of the molecule is Cc1ccc(N=C2NC(=O)/C(=C/c3ccc(OCc4ccc(F)cc4)cc3)S2)cc1Cl. The number of carbonyl (C=O) groups excluding carboxylic acids is 1. The fraction of sp³-hybridized carbons (Fsp3) is 0.0833. The molecule has 0 atom stereocenters. The Kier molecular flexibility index (Phi) is 6.39. The largest absolute Gasteiger partial charge is 0.489 e. The van der Waals surface area contributed by atoms with Crippen molar-refractivity contribution >= 4 is 46.2 Å². The molecule has 3 aromatic carbocycles. The highest BCUT2D eigenvalue weighted by molar-refractivity contribution is 8.18. The summed E-state index contributed by atoms with van der Waals surface area (Å²) < 4.78 is 18.7. The number of nitrogens with one attached hydrogen (secondary N) is 1. The van der Waals surface area contributed by atoms with Crippen molar-refractivity contribution in [2.45, 2.75) is 13.5 Å². The van der Waals surface area contributed by atoms with Crippen molar-refractivity contribution in [3.05, 3.63) is 99.2 Å². The maximum absolute atomic E-state index is 13.0. The Morgan fingerprint density at radius 2 is 1.84 bits per heavy atom. The second-order valence-electron chi connectivity index (χ2n) is 6.90. The Balaban J connectivity index is 1.41. The first-order valence-corrected chi connectivity index (χ1v) is 10.7. The van der Waals surface area contributed by atoms with Gasteiger partial charge in [-0.05, 0) is 77.9 Å². The molecule has 31 heavy (non-hydrogen) atoms. The number of benzene rings is 3. The third kappa shape index (κ3) is 5.54. The Morgan fingerprint density at radius 1 is 1.10 bits per heavy atom. The maximum Gasteiger partial charge on any atom is 0.264 e. The molecule has 3 aromatic rings. The number of aryl methyl sites for hydroxylation is 1. The van der Waals surface area contributed by atoms with Gasteiger partial charge in [-0.2, -0.15) is 0 Å². The molecule has 1 fully saturated rings. The zero-order valence-corrected chi connectivity index (χ0v) is 18.1. The summed E-state index contributed by atoms with van der Waals surface area (Å²) in [6.45, 7) is 2.27. The van der Waals surface area contributed by atoms with Crippen LogP contribution in [0.3, 0.4) is 0 Å². The minimum absolute atomic E-state index is 0.196. The summed E-state index contributed by atoms with van der Waals surface area (Å²) >= 11 is 7.42. The quantitative estimate of drug-likeness (QED) is 0.465. The second kappa shape index (κ2) is 9.37. The van der Waals surface area contributed by atoms with E-state index in [4.69, 9.17) is 16.3 Å². The van der Waals surface area contributed by atoms with Crippen LogP contribution in [-0.2, 0) is 11.4 Å². The normalized spacial score (nSPS) is 16.0. The molecule has 4 rings (SSSR count). The minimum Gasteiger partial charge on any atom is -0.489 e. The number of amides is 1. The molecule has 0 radical (unpaired) electrons. The van der Waals surface area contributed by atoms with E-state index in [9.17, 15) is 9.18 Å². The Bertz CT molecular complexity index is 1180. The van der Waals surface area contributed by atoms with Crippen LogP contribution in [0.5, 0.6) is 5.75 Å². The third-order valence-corrected chi connectivity index (χ3v) is 5.85. The van der Waals surface area contributed by atoms with Gasteiger partial charge in [0.25, 0.3) is 5.91 Å². The first-order chi connectivity index (χ1) is 15.0. The van der Waals surface area contributed by atoms with Gasteiger partial charge >= 0.3 is 0 Å². The van der Waals surface area contributed by atoms with Gasteiger partial charge in [0.1, 0.15) is 18.2 Å². The summed E-state index contributed by atoms with van der Waals surface area (Å²) in [6.07, 6.45) is 1.80. The Hall–Kier alpha value is -3.09. The van der Waals surface area contributed by atoms with Crippen LogP contribution in [-0.4, -0.2) is 11.1 Å². The maximum atomic E-state index is 13.0. The van der Waals surface area contributed by atoms with Crippen LogP contribution < -0.4 is 10.1 Å². The molecule has 1 aliphatic heterocycles. The Morgan fingerprint density at radius 3 is 2.55 bits per heavy atom. The third-order valence-electron chi connectivity index (χ3n) is 4.53. The zero-order valence-electron chi connectivity index (χ0n) is 16.6. The van der Waals surface area contributed by atoms with Crippen LogP contribution in [0, 0.1) is 12.7 Å². The molecule has 1 heterocycles. The highest BCUT2D eigenvalue weighted by Gasteiger charge is 2.23. The van der Waals surface area contributed by atoms with E-state index in [1.807, 2.05) is 43.3 Å². The number of thioether (sulfide) groups is 1. The van der Waals surface area contributed by atoms with E-state index >= 15 is 0 Å². The van der Waals surface area contributed by atoms with Gasteiger partial charge in [-0.15, -0.1) is 0 Å². The van der Waals surface area contributed by atoms with Crippen LogP contribution in [0.1, 0.15) is 16.7 Å². The first kappa shape index (κ1) is 21.2. The van der Waals surface area contributed by atoms with Gasteiger partial charge in [0.15, 0.2) is 5.17 Å². The predicted molar refractivity (Wildman–Crippen MR) is 124 cm³/mol. The van der Waals surface area contributed by atoms with Gasteiger partial charge in [0, 0.05) is 5.02 Å². The van der Waals surface area contributed by atoms with Gasteiger partial charge in [0.05, 0.1) is 10.6 Å². The lowest BCUT2D eigenvalue weighted by Gasteiger charge is -2.06.